The van der Waals surface area contributed by atoms with Crippen LogP contribution in [0.15, 0.2) is 18.2 Å². The van der Waals surface area contributed by atoms with Gasteiger partial charge in [0, 0.05) is 18.0 Å². The zero-order chi connectivity index (χ0) is 12.3. The number of nitrogens with one attached hydrogen (secondary N) is 1. The van der Waals surface area contributed by atoms with E-state index in [9.17, 15) is 8.78 Å². The molecule has 0 aromatic heterocycles. The molecule has 17 heavy (non-hydrogen) atoms. The summed E-state index contributed by atoms with van der Waals surface area (Å²) >= 11 is 0. The lowest BCUT2D eigenvalue weighted by atomic mass is 9.87. The molecule has 1 aliphatic rings. The fraction of sp³-hybridized carbons (Fsp3) is 0.462. The van der Waals surface area contributed by atoms with Crippen LogP contribution in [0, 0.1) is 28.9 Å². The van der Waals surface area contributed by atoms with E-state index in [2.05, 4.69) is 11.4 Å². The van der Waals surface area contributed by atoms with Crippen molar-refractivity contribution in [2.24, 2.45) is 5.92 Å². The third-order valence-corrected chi connectivity index (χ3v) is 3.20. The number of nitriles is 1. The molecule has 1 aliphatic carbocycles. The molecule has 1 aromatic rings. The normalized spacial score (nSPS) is 24.1. The van der Waals surface area contributed by atoms with Crippen molar-refractivity contribution in [1.29, 1.82) is 5.26 Å². The molecule has 1 fully saturated rings. The van der Waals surface area contributed by atoms with Crippen LogP contribution in [0.3, 0.4) is 0 Å². The zero-order valence-corrected chi connectivity index (χ0v) is 9.42. The summed E-state index contributed by atoms with van der Waals surface area (Å²) in [4.78, 5) is 0. The van der Waals surface area contributed by atoms with Crippen LogP contribution in [0.5, 0.6) is 0 Å². The SMILES string of the molecule is N#CC1CCC(Nc2ccc(F)cc2F)CC1. The van der Waals surface area contributed by atoms with Crippen molar-refractivity contribution in [3.05, 3.63) is 29.8 Å². The fourth-order valence-corrected chi connectivity index (χ4v) is 2.19. The molecule has 0 atom stereocenters. The second-order valence-electron chi connectivity index (χ2n) is 4.45. The minimum Gasteiger partial charge on any atom is -0.380 e. The molecule has 2 nitrogen and oxygen atoms in total. The first-order valence-corrected chi connectivity index (χ1v) is 5.80. The van der Waals surface area contributed by atoms with E-state index in [1.165, 1.54) is 12.1 Å². The highest BCUT2D eigenvalue weighted by atomic mass is 19.1. The summed E-state index contributed by atoms with van der Waals surface area (Å²) in [7, 11) is 0. The van der Waals surface area contributed by atoms with Gasteiger partial charge in [0.25, 0.3) is 0 Å². The summed E-state index contributed by atoms with van der Waals surface area (Å²) in [5.41, 5.74) is 0.340. The Morgan fingerprint density at radius 3 is 2.47 bits per heavy atom. The Balaban J connectivity index is 1.96. The van der Waals surface area contributed by atoms with E-state index in [4.69, 9.17) is 5.26 Å². The summed E-state index contributed by atoms with van der Waals surface area (Å²) in [5, 5.41) is 11.8. The van der Waals surface area contributed by atoms with Crippen LogP contribution in [-0.4, -0.2) is 6.04 Å². The first-order chi connectivity index (χ1) is 8.19. The average molecular weight is 236 g/mol. The third kappa shape index (κ3) is 2.94. The second-order valence-corrected chi connectivity index (χ2v) is 4.45. The molecule has 90 valence electrons. The van der Waals surface area contributed by atoms with Gasteiger partial charge in [0.2, 0.25) is 0 Å². The fourth-order valence-electron chi connectivity index (χ4n) is 2.19. The molecule has 0 bridgehead atoms. The lowest BCUT2D eigenvalue weighted by molar-refractivity contribution is 0.396. The Bertz CT molecular complexity index is 432. The smallest absolute Gasteiger partial charge is 0.149 e. The molecule has 0 spiro atoms. The molecule has 0 amide bonds. The van der Waals surface area contributed by atoms with Crippen molar-refractivity contribution in [2.75, 3.05) is 5.32 Å². The van der Waals surface area contributed by atoms with Crippen LogP contribution < -0.4 is 5.32 Å². The molecule has 2 rings (SSSR count). The van der Waals surface area contributed by atoms with Gasteiger partial charge in [-0.15, -0.1) is 0 Å². The van der Waals surface area contributed by atoms with E-state index in [0.29, 0.717) is 5.69 Å². The van der Waals surface area contributed by atoms with Crippen LogP contribution >= 0.6 is 0 Å². The third-order valence-electron chi connectivity index (χ3n) is 3.20. The number of hydrogen-bond acceptors (Lipinski definition) is 2. The molecular formula is C13H14F2N2. The van der Waals surface area contributed by atoms with Crippen LogP contribution in [0.1, 0.15) is 25.7 Å². The average Bonchev–Trinajstić information content (AvgIpc) is 2.34. The van der Waals surface area contributed by atoms with Gasteiger partial charge in [-0.1, -0.05) is 0 Å². The Morgan fingerprint density at radius 2 is 1.88 bits per heavy atom. The van der Waals surface area contributed by atoms with E-state index in [0.717, 1.165) is 31.7 Å². The van der Waals surface area contributed by atoms with E-state index >= 15 is 0 Å². The molecule has 0 aliphatic heterocycles. The quantitative estimate of drug-likeness (QED) is 0.853. The summed E-state index contributed by atoms with van der Waals surface area (Å²) in [6.45, 7) is 0. The molecule has 1 aromatic carbocycles. The topological polar surface area (TPSA) is 35.8 Å². The molecular weight excluding hydrogens is 222 g/mol. The van der Waals surface area contributed by atoms with Gasteiger partial charge in [-0.05, 0) is 37.8 Å². The van der Waals surface area contributed by atoms with Crippen molar-refractivity contribution in [1.82, 2.24) is 0 Å². The molecule has 4 heteroatoms. The molecule has 0 unspecified atom stereocenters. The molecule has 1 saturated carbocycles. The van der Waals surface area contributed by atoms with Crippen LogP contribution in [0.25, 0.3) is 0 Å². The van der Waals surface area contributed by atoms with E-state index < -0.39 is 11.6 Å². The van der Waals surface area contributed by atoms with Gasteiger partial charge in [-0.2, -0.15) is 5.26 Å². The van der Waals surface area contributed by atoms with Crippen LogP contribution in [-0.2, 0) is 0 Å². The minimum absolute atomic E-state index is 0.131. The lowest BCUT2D eigenvalue weighted by Gasteiger charge is -2.26. The predicted octanol–water partition coefficient (Wildman–Crippen LogP) is 3.46. The van der Waals surface area contributed by atoms with E-state index in [1.54, 1.807) is 0 Å². The van der Waals surface area contributed by atoms with Crippen molar-refractivity contribution in [3.63, 3.8) is 0 Å². The maximum atomic E-state index is 13.4. The zero-order valence-electron chi connectivity index (χ0n) is 9.42. The van der Waals surface area contributed by atoms with E-state index in [-0.39, 0.29) is 12.0 Å². The molecule has 0 heterocycles. The van der Waals surface area contributed by atoms with Gasteiger partial charge in [0.15, 0.2) is 0 Å². The Morgan fingerprint density at radius 1 is 1.18 bits per heavy atom. The Labute approximate surface area is 99.3 Å². The Hall–Kier alpha value is -1.63. The van der Waals surface area contributed by atoms with E-state index in [1.807, 2.05) is 0 Å². The van der Waals surface area contributed by atoms with Crippen molar-refractivity contribution in [2.45, 2.75) is 31.7 Å². The summed E-state index contributed by atoms with van der Waals surface area (Å²) in [6, 6.07) is 5.97. The number of benzene rings is 1. The number of hydrogen-bond donors (Lipinski definition) is 1. The highest BCUT2D eigenvalue weighted by Gasteiger charge is 2.21. The summed E-state index contributed by atoms with van der Waals surface area (Å²) in [6.07, 6.45) is 3.40. The van der Waals surface area contributed by atoms with Gasteiger partial charge in [-0.25, -0.2) is 8.78 Å². The maximum Gasteiger partial charge on any atom is 0.149 e. The number of nitrogens with zero attached hydrogens (tertiary/aromatic N) is 1. The van der Waals surface area contributed by atoms with Gasteiger partial charge in [0.05, 0.1) is 11.8 Å². The number of halogens is 2. The van der Waals surface area contributed by atoms with Gasteiger partial charge in [0.1, 0.15) is 11.6 Å². The number of anilines is 1. The lowest BCUT2D eigenvalue weighted by Crippen LogP contribution is -2.26. The second kappa shape index (κ2) is 5.13. The summed E-state index contributed by atoms with van der Waals surface area (Å²) < 4.78 is 26.1. The maximum absolute atomic E-state index is 13.4. The van der Waals surface area contributed by atoms with Crippen molar-refractivity contribution in [3.8, 4) is 6.07 Å². The highest BCUT2D eigenvalue weighted by Crippen LogP contribution is 2.27. The first kappa shape index (κ1) is 11.8. The molecule has 1 N–H and O–H groups in total. The monoisotopic (exact) mass is 236 g/mol. The predicted molar refractivity (Wildman–Crippen MR) is 61.3 cm³/mol. The first-order valence-electron chi connectivity index (χ1n) is 5.80. The minimum atomic E-state index is -0.568. The van der Waals surface area contributed by atoms with Gasteiger partial charge in [-0.3, -0.25) is 0 Å². The molecule has 0 saturated heterocycles. The highest BCUT2D eigenvalue weighted by molar-refractivity contribution is 5.45. The summed E-state index contributed by atoms with van der Waals surface area (Å²) in [5.74, 6) is -1.00. The van der Waals surface area contributed by atoms with Crippen molar-refractivity contribution < 1.29 is 8.78 Å². The van der Waals surface area contributed by atoms with Crippen LogP contribution in [0.2, 0.25) is 0 Å². The van der Waals surface area contributed by atoms with Crippen LogP contribution in [0.4, 0.5) is 14.5 Å². The van der Waals surface area contributed by atoms with Gasteiger partial charge >= 0.3 is 0 Å². The number of rotatable bonds is 2. The van der Waals surface area contributed by atoms with Crippen molar-refractivity contribution >= 4 is 5.69 Å². The standard InChI is InChI=1S/C13H14F2N2/c14-10-3-6-13(12(15)7-10)17-11-4-1-9(8-16)2-5-11/h3,6-7,9,11,17H,1-2,4-5H2. The molecule has 0 radical (unpaired) electrons. The largest absolute Gasteiger partial charge is 0.380 e. The Kier molecular flexibility index (Phi) is 3.58. The van der Waals surface area contributed by atoms with Gasteiger partial charge < -0.3 is 5.32 Å².